The van der Waals surface area contributed by atoms with Gasteiger partial charge in [0, 0.05) is 13.1 Å². The van der Waals surface area contributed by atoms with Gasteiger partial charge in [-0.25, -0.2) is 4.79 Å². The molecule has 0 radical (unpaired) electrons. The maximum atomic E-state index is 12.6. The normalized spacial score (nSPS) is 14.3. The molecular weight excluding hydrogens is 330 g/mol. The first-order valence-corrected chi connectivity index (χ1v) is 8.78. The predicted octanol–water partition coefficient (Wildman–Crippen LogP) is 2.89. The van der Waals surface area contributed by atoms with Crippen LogP contribution in [0.1, 0.15) is 23.6 Å². The Kier molecular flexibility index (Phi) is 5.56. The first-order chi connectivity index (χ1) is 12.5. The van der Waals surface area contributed by atoms with Crippen molar-refractivity contribution in [1.29, 1.82) is 0 Å². The molecule has 0 unspecified atom stereocenters. The summed E-state index contributed by atoms with van der Waals surface area (Å²) in [6.07, 6.45) is -0.00728. The third-order valence-electron chi connectivity index (χ3n) is 4.54. The van der Waals surface area contributed by atoms with Crippen LogP contribution in [0.15, 0.2) is 48.5 Å². The monoisotopic (exact) mass is 353 g/mol. The molecule has 5 nitrogen and oxygen atoms in total. The molecule has 1 atom stereocenters. The first kappa shape index (κ1) is 18.0. The number of hydrogen-bond donors (Lipinski definition) is 0. The molecule has 1 aliphatic rings. The van der Waals surface area contributed by atoms with Crippen LogP contribution in [0.3, 0.4) is 0 Å². The molecule has 0 bridgehead atoms. The fraction of sp³-hybridized carbons (Fsp3) is 0.333. The number of nitrogens with zero attached hydrogens (tertiary/aromatic N) is 1. The van der Waals surface area contributed by atoms with E-state index >= 15 is 0 Å². The summed E-state index contributed by atoms with van der Waals surface area (Å²) in [6.45, 7) is 4.48. The molecule has 1 heterocycles. The fourth-order valence-corrected chi connectivity index (χ4v) is 3.08. The summed E-state index contributed by atoms with van der Waals surface area (Å²) in [4.78, 5) is 26.3. The molecule has 3 rings (SSSR count). The highest BCUT2D eigenvalue weighted by atomic mass is 16.6. The highest BCUT2D eigenvalue weighted by molar-refractivity contribution is 5.84. The Morgan fingerprint density at radius 3 is 2.54 bits per heavy atom. The van der Waals surface area contributed by atoms with Crippen LogP contribution >= 0.6 is 0 Å². The van der Waals surface area contributed by atoms with Gasteiger partial charge < -0.3 is 14.4 Å². The zero-order valence-electron chi connectivity index (χ0n) is 15.1. The summed E-state index contributed by atoms with van der Waals surface area (Å²) in [5, 5.41) is 0. The number of amides is 1. The molecule has 136 valence electrons. The van der Waals surface area contributed by atoms with E-state index in [1.165, 1.54) is 5.56 Å². The quantitative estimate of drug-likeness (QED) is 0.776. The Bertz CT molecular complexity index is 802. The van der Waals surface area contributed by atoms with Gasteiger partial charge in [-0.05, 0) is 43.0 Å². The van der Waals surface area contributed by atoms with Crippen LogP contribution in [0.4, 0.5) is 0 Å². The van der Waals surface area contributed by atoms with E-state index in [0.717, 1.165) is 17.5 Å². The second kappa shape index (κ2) is 8.04. The van der Waals surface area contributed by atoms with Gasteiger partial charge in [-0.15, -0.1) is 0 Å². The predicted molar refractivity (Wildman–Crippen MR) is 97.8 cm³/mol. The number of rotatable bonds is 5. The zero-order chi connectivity index (χ0) is 18.5. The van der Waals surface area contributed by atoms with Gasteiger partial charge >= 0.3 is 5.97 Å². The minimum absolute atomic E-state index is 0.177. The molecule has 0 N–H and O–H groups in total. The topological polar surface area (TPSA) is 55.8 Å². The molecule has 2 aromatic carbocycles. The first-order valence-electron chi connectivity index (χ1n) is 8.78. The second-order valence-corrected chi connectivity index (χ2v) is 6.46. The third-order valence-corrected chi connectivity index (χ3v) is 4.54. The highest BCUT2D eigenvalue weighted by Crippen LogP contribution is 2.20. The molecule has 0 fully saturated rings. The number of para-hydroxylation sites is 1. The third kappa shape index (κ3) is 4.23. The minimum atomic E-state index is -0.826. The van der Waals surface area contributed by atoms with Gasteiger partial charge in [0.25, 0.3) is 5.91 Å². The van der Waals surface area contributed by atoms with E-state index in [1.54, 1.807) is 17.9 Å². The van der Waals surface area contributed by atoms with Crippen molar-refractivity contribution in [2.45, 2.75) is 32.9 Å². The smallest absolute Gasteiger partial charge is 0.344 e. The summed E-state index contributed by atoms with van der Waals surface area (Å²) in [7, 11) is 0. The number of hydrogen-bond acceptors (Lipinski definition) is 4. The maximum Gasteiger partial charge on any atom is 0.344 e. The molecule has 0 saturated carbocycles. The number of benzene rings is 2. The molecule has 0 saturated heterocycles. The number of fused-ring (bicyclic) bond motifs is 1. The van der Waals surface area contributed by atoms with Crippen molar-refractivity contribution in [2.24, 2.45) is 0 Å². The molecule has 0 spiro atoms. The highest BCUT2D eigenvalue weighted by Gasteiger charge is 2.27. The molecule has 0 aliphatic carbocycles. The minimum Gasteiger partial charge on any atom is -0.482 e. The van der Waals surface area contributed by atoms with E-state index in [4.69, 9.17) is 9.47 Å². The van der Waals surface area contributed by atoms with Crippen LogP contribution in [0.2, 0.25) is 0 Å². The van der Waals surface area contributed by atoms with E-state index < -0.39 is 12.1 Å². The van der Waals surface area contributed by atoms with E-state index in [0.29, 0.717) is 18.8 Å². The summed E-state index contributed by atoms with van der Waals surface area (Å²) in [5.41, 5.74) is 3.36. The summed E-state index contributed by atoms with van der Waals surface area (Å²) in [6, 6.07) is 15.5. The summed E-state index contributed by atoms with van der Waals surface area (Å²) >= 11 is 0. The van der Waals surface area contributed by atoms with Crippen LogP contribution in [0.5, 0.6) is 5.75 Å². The van der Waals surface area contributed by atoms with Crippen LogP contribution in [0, 0.1) is 6.92 Å². The maximum absolute atomic E-state index is 12.6. The molecule has 0 aromatic heterocycles. The Hall–Kier alpha value is -2.82. The van der Waals surface area contributed by atoms with Gasteiger partial charge in [0.15, 0.2) is 12.7 Å². The molecule has 1 amide bonds. The lowest BCUT2D eigenvalue weighted by Gasteiger charge is -2.30. The van der Waals surface area contributed by atoms with Crippen molar-refractivity contribution in [2.75, 3.05) is 13.2 Å². The van der Waals surface area contributed by atoms with Gasteiger partial charge in [-0.3, -0.25) is 4.79 Å². The Labute approximate surface area is 153 Å². The second-order valence-electron chi connectivity index (χ2n) is 6.46. The Morgan fingerprint density at radius 2 is 1.77 bits per heavy atom. The zero-order valence-corrected chi connectivity index (χ0v) is 15.1. The van der Waals surface area contributed by atoms with Crippen molar-refractivity contribution in [3.63, 3.8) is 0 Å². The average Bonchev–Trinajstić information content (AvgIpc) is 2.66. The number of aryl methyl sites for hydroxylation is 1. The largest absolute Gasteiger partial charge is 0.482 e. The lowest BCUT2D eigenvalue weighted by Crippen LogP contribution is -2.43. The average molecular weight is 353 g/mol. The number of carbonyl (C=O) groups is 2. The molecule has 5 heteroatoms. The Balaban J connectivity index is 1.51. The van der Waals surface area contributed by atoms with Crippen LogP contribution in [0.25, 0.3) is 0 Å². The SMILES string of the molecule is Cc1ccccc1OCC(=O)O[C@H](C)C(=O)N1CCc2ccccc2C1. The molecule has 2 aromatic rings. The van der Waals surface area contributed by atoms with Crippen molar-refractivity contribution in [1.82, 2.24) is 4.90 Å². The van der Waals surface area contributed by atoms with Crippen LogP contribution in [-0.2, 0) is 27.3 Å². The lowest BCUT2D eigenvalue weighted by atomic mass is 9.99. The standard InChI is InChI=1S/C21H23NO4/c1-15-7-3-6-10-19(15)25-14-20(23)26-16(2)21(24)22-12-11-17-8-4-5-9-18(17)13-22/h3-10,16H,11-14H2,1-2H3/t16-/m1/s1. The van der Waals surface area contributed by atoms with Gasteiger partial charge in [-0.2, -0.15) is 0 Å². The van der Waals surface area contributed by atoms with Gasteiger partial charge in [0.2, 0.25) is 0 Å². The fourth-order valence-electron chi connectivity index (χ4n) is 3.08. The van der Waals surface area contributed by atoms with E-state index in [-0.39, 0.29) is 12.5 Å². The van der Waals surface area contributed by atoms with E-state index in [2.05, 4.69) is 6.07 Å². The van der Waals surface area contributed by atoms with E-state index in [9.17, 15) is 9.59 Å². The molecule has 1 aliphatic heterocycles. The van der Waals surface area contributed by atoms with Crippen molar-refractivity contribution >= 4 is 11.9 Å². The molecular formula is C21H23NO4. The summed E-state index contributed by atoms with van der Waals surface area (Å²) in [5.74, 6) is -0.0914. The Morgan fingerprint density at radius 1 is 1.08 bits per heavy atom. The lowest BCUT2D eigenvalue weighted by molar-refractivity contribution is -0.161. The number of carbonyl (C=O) groups excluding carboxylic acids is 2. The molecule has 26 heavy (non-hydrogen) atoms. The van der Waals surface area contributed by atoms with Crippen LogP contribution in [-0.4, -0.2) is 36.0 Å². The summed E-state index contributed by atoms with van der Waals surface area (Å²) < 4.78 is 10.7. The van der Waals surface area contributed by atoms with Gasteiger partial charge in [0.05, 0.1) is 0 Å². The van der Waals surface area contributed by atoms with Gasteiger partial charge in [-0.1, -0.05) is 42.5 Å². The number of esters is 1. The number of ether oxygens (including phenoxy) is 2. The van der Waals surface area contributed by atoms with E-state index in [1.807, 2.05) is 43.3 Å². The van der Waals surface area contributed by atoms with Crippen LogP contribution < -0.4 is 4.74 Å². The van der Waals surface area contributed by atoms with Crippen molar-refractivity contribution < 1.29 is 19.1 Å². The van der Waals surface area contributed by atoms with Crippen molar-refractivity contribution in [3.05, 3.63) is 65.2 Å². The van der Waals surface area contributed by atoms with Gasteiger partial charge in [0.1, 0.15) is 5.75 Å². The van der Waals surface area contributed by atoms with Crippen molar-refractivity contribution in [3.8, 4) is 5.75 Å².